The van der Waals surface area contributed by atoms with Crippen molar-refractivity contribution in [2.24, 2.45) is 5.92 Å². The van der Waals surface area contributed by atoms with Crippen LogP contribution in [-0.4, -0.2) is 5.11 Å². The highest BCUT2D eigenvalue weighted by Crippen LogP contribution is 2.28. The molecule has 0 fully saturated rings. The van der Waals surface area contributed by atoms with Gasteiger partial charge in [0, 0.05) is 5.39 Å². The van der Waals surface area contributed by atoms with Gasteiger partial charge in [-0.2, -0.15) is 0 Å². The van der Waals surface area contributed by atoms with Crippen LogP contribution in [-0.2, 0) is 0 Å². The Morgan fingerprint density at radius 3 is 2.76 bits per heavy atom. The molecule has 0 aliphatic heterocycles. The van der Waals surface area contributed by atoms with Gasteiger partial charge in [-0.25, -0.2) is 0 Å². The van der Waals surface area contributed by atoms with Gasteiger partial charge in [0.05, 0.1) is 0 Å². The van der Waals surface area contributed by atoms with Crippen LogP contribution in [0.4, 0.5) is 0 Å². The minimum atomic E-state index is -0.488. The van der Waals surface area contributed by atoms with Crippen molar-refractivity contribution in [2.45, 2.75) is 39.7 Å². The lowest BCUT2D eigenvalue weighted by Gasteiger charge is -2.12. The Bertz CT molecular complexity index is 499. The van der Waals surface area contributed by atoms with E-state index in [4.69, 9.17) is 4.42 Å². The third-order valence-corrected chi connectivity index (χ3v) is 3.34. The van der Waals surface area contributed by atoms with E-state index in [0.717, 1.165) is 23.8 Å². The summed E-state index contributed by atoms with van der Waals surface area (Å²) in [5.41, 5.74) is 2.06. The highest BCUT2D eigenvalue weighted by molar-refractivity contribution is 5.78. The summed E-state index contributed by atoms with van der Waals surface area (Å²) in [5.74, 6) is 1.20. The smallest absolute Gasteiger partial charge is 0.134 e. The number of aliphatic hydroxyl groups excluding tert-OH is 1. The first-order chi connectivity index (χ1) is 8.10. The monoisotopic (exact) mass is 232 g/mol. The van der Waals surface area contributed by atoms with E-state index in [1.807, 2.05) is 18.2 Å². The maximum Gasteiger partial charge on any atom is 0.134 e. The van der Waals surface area contributed by atoms with Gasteiger partial charge >= 0.3 is 0 Å². The van der Waals surface area contributed by atoms with Crippen molar-refractivity contribution in [2.75, 3.05) is 0 Å². The van der Waals surface area contributed by atoms with E-state index in [2.05, 4.69) is 26.8 Å². The van der Waals surface area contributed by atoms with Crippen molar-refractivity contribution in [3.63, 3.8) is 0 Å². The van der Waals surface area contributed by atoms with Crippen LogP contribution in [0.3, 0.4) is 0 Å². The molecule has 1 aromatic carbocycles. The molecule has 2 unspecified atom stereocenters. The van der Waals surface area contributed by atoms with Crippen LogP contribution >= 0.6 is 0 Å². The molecule has 2 heteroatoms. The van der Waals surface area contributed by atoms with Crippen molar-refractivity contribution in [3.8, 4) is 0 Å². The Balaban J connectivity index is 2.24. The summed E-state index contributed by atoms with van der Waals surface area (Å²) in [5, 5.41) is 11.2. The number of hydrogen-bond acceptors (Lipinski definition) is 2. The summed E-state index contributed by atoms with van der Waals surface area (Å²) < 4.78 is 5.68. The summed E-state index contributed by atoms with van der Waals surface area (Å²) in [6.07, 6.45) is 1.35. The van der Waals surface area contributed by atoms with Crippen LogP contribution in [0.5, 0.6) is 0 Å². The molecule has 2 atom stereocenters. The van der Waals surface area contributed by atoms with Crippen molar-refractivity contribution < 1.29 is 9.52 Å². The molecule has 92 valence electrons. The van der Waals surface area contributed by atoms with Crippen LogP contribution in [0.1, 0.15) is 44.1 Å². The third-order valence-electron chi connectivity index (χ3n) is 3.34. The Morgan fingerprint density at radius 2 is 2.06 bits per heavy atom. The van der Waals surface area contributed by atoms with Gasteiger partial charge in [-0.05, 0) is 37.5 Å². The van der Waals surface area contributed by atoms with E-state index in [1.165, 1.54) is 5.56 Å². The molecule has 0 aliphatic rings. The molecule has 0 aliphatic carbocycles. The Hall–Kier alpha value is -1.28. The van der Waals surface area contributed by atoms with E-state index in [1.54, 1.807) is 0 Å². The van der Waals surface area contributed by atoms with Crippen LogP contribution in [0.25, 0.3) is 11.0 Å². The number of aryl methyl sites for hydroxylation is 1. The van der Waals surface area contributed by atoms with E-state index in [-0.39, 0.29) is 0 Å². The quantitative estimate of drug-likeness (QED) is 0.856. The highest BCUT2D eigenvalue weighted by Gasteiger charge is 2.15. The van der Waals surface area contributed by atoms with E-state index >= 15 is 0 Å². The molecular formula is C15H20O2. The van der Waals surface area contributed by atoms with Gasteiger partial charge in [-0.15, -0.1) is 0 Å². The number of rotatable bonds is 4. The summed E-state index contributed by atoms with van der Waals surface area (Å²) in [7, 11) is 0. The molecule has 0 saturated heterocycles. The van der Waals surface area contributed by atoms with Crippen molar-refractivity contribution in [1.29, 1.82) is 0 Å². The first-order valence-corrected chi connectivity index (χ1v) is 6.28. The lowest BCUT2D eigenvalue weighted by Crippen LogP contribution is -2.02. The zero-order valence-electron chi connectivity index (χ0n) is 10.7. The maximum absolute atomic E-state index is 10.1. The molecule has 17 heavy (non-hydrogen) atoms. The van der Waals surface area contributed by atoms with E-state index in [0.29, 0.717) is 11.7 Å². The second-order valence-corrected chi connectivity index (χ2v) is 4.95. The van der Waals surface area contributed by atoms with Gasteiger partial charge in [-0.3, -0.25) is 0 Å². The van der Waals surface area contributed by atoms with Gasteiger partial charge in [0.2, 0.25) is 0 Å². The topological polar surface area (TPSA) is 33.4 Å². The number of benzene rings is 1. The molecule has 1 heterocycles. The molecular weight excluding hydrogens is 212 g/mol. The zero-order valence-corrected chi connectivity index (χ0v) is 10.7. The minimum Gasteiger partial charge on any atom is -0.458 e. The van der Waals surface area contributed by atoms with Gasteiger partial charge in [0.25, 0.3) is 0 Å². The highest BCUT2D eigenvalue weighted by atomic mass is 16.4. The first-order valence-electron chi connectivity index (χ1n) is 6.28. The average molecular weight is 232 g/mol. The van der Waals surface area contributed by atoms with Crippen LogP contribution < -0.4 is 0 Å². The normalized spacial score (nSPS) is 15.1. The van der Waals surface area contributed by atoms with Crippen LogP contribution in [0.15, 0.2) is 28.7 Å². The second-order valence-electron chi connectivity index (χ2n) is 4.95. The molecule has 0 bridgehead atoms. The van der Waals surface area contributed by atoms with Gasteiger partial charge in [-0.1, -0.05) is 31.9 Å². The number of aliphatic hydroxyl groups is 1. The fourth-order valence-corrected chi connectivity index (χ4v) is 2.01. The molecule has 0 amide bonds. The summed E-state index contributed by atoms with van der Waals surface area (Å²) in [6, 6.07) is 8.02. The average Bonchev–Trinajstić information content (AvgIpc) is 2.71. The second kappa shape index (κ2) is 4.92. The Labute approximate surface area is 102 Å². The van der Waals surface area contributed by atoms with Gasteiger partial charge in [0.1, 0.15) is 17.4 Å². The number of furan rings is 1. The maximum atomic E-state index is 10.1. The standard InChI is InChI=1S/C15H20O2/c1-4-10(2)8-13(16)15-9-12-7-11(3)5-6-14(12)17-15/h5-7,9-10,13,16H,4,8H2,1-3H3. The van der Waals surface area contributed by atoms with Crippen molar-refractivity contribution >= 4 is 11.0 Å². The first kappa shape index (κ1) is 12.2. The predicted molar refractivity (Wildman–Crippen MR) is 70.0 cm³/mol. The molecule has 0 saturated carbocycles. The van der Waals surface area contributed by atoms with E-state index in [9.17, 15) is 5.11 Å². The lowest BCUT2D eigenvalue weighted by atomic mass is 10.00. The fourth-order valence-electron chi connectivity index (χ4n) is 2.01. The molecule has 2 aromatic rings. The lowest BCUT2D eigenvalue weighted by molar-refractivity contribution is 0.124. The molecule has 2 rings (SSSR count). The summed E-state index contributed by atoms with van der Waals surface area (Å²) in [6.45, 7) is 6.34. The largest absolute Gasteiger partial charge is 0.458 e. The molecule has 0 spiro atoms. The molecule has 1 aromatic heterocycles. The predicted octanol–water partition coefficient (Wildman–Crippen LogP) is 4.21. The van der Waals surface area contributed by atoms with Crippen molar-refractivity contribution in [3.05, 3.63) is 35.6 Å². The van der Waals surface area contributed by atoms with Gasteiger partial charge < -0.3 is 9.52 Å². The molecule has 0 radical (unpaired) electrons. The van der Waals surface area contributed by atoms with Crippen LogP contribution in [0, 0.1) is 12.8 Å². The third kappa shape index (κ3) is 2.70. The van der Waals surface area contributed by atoms with Crippen LogP contribution in [0.2, 0.25) is 0 Å². The Morgan fingerprint density at radius 1 is 1.29 bits per heavy atom. The molecule has 2 nitrogen and oxygen atoms in total. The molecule has 1 N–H and O–H groups in total. The summed E-state index contributed by atoms with van der Waals surface area (Å²) >= 11 is 0. The van der Waals surface area contributed by atoms with Crippen molar-refractivity contribution in [1.82, 2.24) is 0 Å². The zero-order chi connectivity index (χ0) is 12.4. The SMILES string of the molecule is CCC(C)CC(O)c1cc2cc(C)ccc2o1. The minimum absolute atomic E-state index is 0.488. The van der Waals surface area contributed by atoms with Gasteiger partial charge in [0.15, 0.2) is 0 Å². The summed E-state index contributed by atoms with van der Waals surface area (Å²) in [4.78, 5) is 0. The fraction of sp³-hybridized carbons (Fsp3) is 0.467. The Kier molecular flexibility index (Phi) is 3.53. The number of fused-ring (bicyclic) bond motifs is 1. The number of hydrogen-bond donors (Lipinski definition) is 1. The van der Waals surface area contributed by atoms with E-state index < -0.39 is 6.10 Å².